The van der Waals surface area contributed by atoms with Crippen LogP contribution in [0.25, 0.3) is 20.5 Å². The number of unbranched alkanes of at least 4 members (excludes halogenated alkanes) is 1. The highest BCUT2D eigenvalue weighted by atomic mass is 32.1. The Kier molecular flexibility index (Phi) is 9.67. The molecule has 0 bridgehead atoms. The molecule has 0 saturated carbocycles. The Morgan fingerprint density at radius 3 is 2.41 bits per heavy atom. The summed E-state index contributed by atoms with van der Waals surface area (Å²) < 4.78 is 6.82. The van der Waals surface area contributed by atoms with Gasteiger partial charge < -0.3 is 9.84 Å². The lowest BCUT2D eigenvalue weighted by atomic mass is 9.96. The number of piperidine rings is 1. The Morgan fingerprint density at radius 2 is 1.68 bits per heavy atom. The van der Waals surface area contributed by atoms with E-state index in [4.69, 9.17) is 9.94 Å². The normalized spacial score (nSPS) is 13.8. The van der Waals surface area contributed by atoms with E-state index in [1.165, 1.54) is 30.6 Å². The molecule has 0 unspecified atom stereocenters. The van der Waals surface area contributed by atoms with Crippen molar-refractivity contribution in [3.8, 4) is 21.9 Å². The predicted octanol–water partition coefficient (Wildman–Crippen LogP) is 6.59. The number of amides is 1. The Labute approximate surface area is 244 Å². The number of phenols is 1. The van der Waals surface area contributed by atoms with E-state index in [0.29, 0.717) is 30.6 Å². The fourth-order valence-corrected chi connectivity index (χ4v) is 6.57. The van der Waals surface area contributed by atoms with Crippen molar-refractivity contribution < 1.29 is 24.6 Å². The first-order valence-electron chi connectivity index (χ1n) is 14.3. The molecular formula is C33H36N2O5S. The first-order valence-corrected chi connectivity index (χ1v) is 15.1. The summed E-state index contributed by atoms with van der Waals surface area (Å²) in [6.07, 6.45) is 6.46. The number of benzene rings is 3. The minimum atomic E-state index is -0.372. The number of hydrogen-bond donors (Lipinski definition) is 3. The van der Waals surface area contributed by atoms with E-state index in [2.05, 4.69) is 4.90 Å². The van der Waals surface area contributed by atoms with Gasteiger partial charge in [-0.1, -0.05) is 30.7 Å². The van der Waals surface area contributed by atoms with Crippen LogP contribution in [0.5, 0.6) is 11.5 Å². The highest BCUT2D eigenvalue weighted by Crippen LogP contribution is 2.41. The van der Waals surface area contributed by atoms with Crippen molar-refractivity contribution in [2.75, 3.05) is 26.2 Å². The van der Waals surface area contributed by atoms with Gasteiger partial charge >= 0.3 is 0 Å². The van der Waals surface area contributed by atoms with Gasteiger partial charge in [0, 0.05) is 39.1 Å². The molecule has 0 atom stereocenters. The zero-order valence-electron chi connectivity index (χ0n) is 23.1. The lowest BCUT2D eigenvalue weighted by molar-refractivity contribution is -0.129. The van der Waals surface area contributed by atoms with Crippen molar-refractivity contribution in [2.45, 2.75) is 44.9 Å². The first kappa shape index (κ1) is 28.8. The molecule has 1 aliphatic rings. The number of carbonyl (C=O) groups excluding carboxylic acids is 2. The summed E-state index contributed by atoms with van der Waals surface area (Å²) in [6, 6.07) is 20.7. The first-order chi connectivity index (χ1) is 20.0. The summed E-state index contributed by atoms with van der Waals surface area (Å²) in [6.45, 7) is 3.82. The number of hydroxylamine groups is 1. The second kappa shape index (κ2) is 13.8. The predicted molar refractivity (Wildman–Crippen MR) is 162 cm³/mol. The fraction of sp³-hybridized carbons (Fsp3) is 0.333. The van der Waals surface area contributed by atoms with Gasteiger partial charge in [-0.3, -0.25) is 19.7 Å². The number of ketones is 1. The molecule has 1 fully saturated rings. The average Bonchev–Trinajstić information content (AvgIpc) is 3.38. The van der Waals surface area contributed by atoms with Crippen LogP contribution in [0, 0.1) is 0 Å². The number of nitrogens with zero attached hydrogens (tertiary/aromatic N) is 1. The molecule has 3 aromatic carbocycles. The monoisotopic (exact) mass is 572 g/mol. The molecule has 1 aromatic heterocycles. The van der Waals surface area contributed by atoms with E-state index in [9.17, 15) is 14.7 Å². The quantitative estimate of drug-likeness (QED) is 0.0767. The van der Waals surface area contributed by atoms with Gasteiger partial charge in [0.1, 0.15) is 18.1 Å². The molecule has 2 heterocycles. The summed E-state index contributed by atoms with van der Waals surface area (Å²) >= 11 is 1.50. The lowest BCUT2D eigenvalue weighted by Crippen LogP contribution is -2.33. The molecule has 5 rings (SSSR count). The summed E-state index contributed by atoms with van der Waals surface area (Å²) in [7, 11) is 0. The molecule has 1 amide bonds. The maximum atomic E-state index is 13.9. The number of carbonyl (C=O) groups is 2. The van der Waals surface area contributed by atoms with Gasteiger partial charge in [0.2, 0.25) is 5.91 Å². The van der Waals surface area contributed by atoms with E-state index in [1.807, 2.05) is 54.6 Å². The van der Waals surface area contributed by atoms with Gasteiger partial charge in [0.15, 0.2) is 5.78 Å². The largest absolute Gasteiger partial charge is 0.508 e. The highest BCUT2D eigenvalue weighted by Gasteiger charge is 2.22. The number of phenolic OH excluding ortho intramolecular Hbond substituents is 1. The fourth-order valence-electron chi connectivity index (χ4n) is 5.33. The second-order valence-electron chi connectivity index (χ2n) is 10.5. The SMILES string of the molecule is O=C(CCCCc1ccc(-c2sc3cc(O)ccc3c2C(=O)c2ccc(OCCN3CCCCC3)cc2)cc1)NO. The molecule has 0 spiro atoms. The number of likely N-dealkylation sites (tertiary alicyclic amines) is 1. The Morgan fingerprint density at radius 1 is 0.927 bits per heavy atom. The number of hydrogen-bond acceptors (Lipinski definition) is 7. The minimum absolute atomic E-state index is 0.0666. The highest BCUT2D eigenvalue weighted by molar-refractivity contribution is 7.22. The lowest BCUT2D eigenvalue weighted by Gasteiger charge is -2.26. The average molecular weight is 573 g/mol. The van der Waals surface area contributed by atoms with Gasteiger partial charge in [-0.05, 0) is 98.8 Å². The molecule has 7 nitrogen and oxygen atoms in total. The van der Waals surface area contributed by atoms with E-state index in [1.54, 1.807) is 17.6 Å². The molecule has 41 heavy (non-hydrogen) atoms. The molecule has 0 radical (unpaired) electrons. The van der Waals surface area contributed by atoms with Gasteiger partial charge in [-0.15, -0.1) is 11.3 Å². The third-order valence-corrected chi connectivity index (χ3v) is 8.80. The zero-order chi connectivity index (χ0) is 28.6. The van der Waals surface area contributed by atoms with Crippen LogP contribution < -0.4 is 10.2 Å². The Hall–Kier alpha value is -3.72. The van der Waals surface area contributed by atoms with Crippen LogP contribution in [0.15, 0.2) is 66.7 Å². The number of ether oxygens (including phenoxy) is 1. The van der Waals surface area contributed by atoms with Crippen LogP contribution in [0.4, 0.5) is 0 Å². The number of fused-ring (bicyclic) bond motifs is 1. The van der Waals surface area contributed by atoms with Gasteiger partial charge in [0.05, 0.1) is 0 Å². The molecule has 0 aliphatic carbocycles. The van der Waals surface area contributed by atoms with E-state index < -0.39 is 0 Å². The van der Waals surface area contributed by atoms with Crippen LogP contribution in [0.3, 0.4) is 0 Å². The van der Waals surface area contributed by atoms with Crippen molar-refractivity contribution >= 4 is 33.1 Å². The summed E-state index contributed by atoms with van der Waals surface area (Å²) in [5.74, 6) is 0.485. The summed E-state index contributed by atoms with van der Waals surface area (Å²) in [4.78, 5) is 28.4. The molecular weight excluding hydrogens is 536 g/mol. The number of aryl methyl sites for hydroxylation is 1. The summed E-state index contributed by atoms with van der Waals surface area (Å²) in [5.41, 5.74) is 4.96. The maximum Gasteiger partial charge on any atom is 0.243 e. The van der Waals surface area contributed by atoms with Gasteiger partial charge in [-0.25, -0.2) is 5.48 Å². The van der Waals surface area contributed by atoms with Crippen LogP contribution in [0.2, 0.25) is 0 Å². The Balaban J connectivity index is 1.31. The zero-order valence-corrected chi connectivity index (χ0v) is 23.9. The minimum Gasteiger partial charge on any atom is -0.508 e. The smallest absolute Gasteiger partial charge is 0.243 e. The molecule has 214 valence electrons. The van der Waals surface area contributed by atoms with Crippen LogP contribution in [-0.4, -0.2) is 53.1 Å². The number of aromatic hydroxyl groups is 1. The standard InChI is InChI=1S/C33H36N2O5S/c36-26-14-17-28-29(22-26)41-33(25-10-8-23(9-11-25)6-2-3-7-30(37)34-39)31(28)32(38)24-12-15-27(16-13-24)40-21-20-35-18-4-1-5-19-35/h8-17,22,36,39H,1-7,18-21H2,(H,34,37). The molecule has 1 aliphatic heterocycles. The maximum absolute atomic E-state index is 13.9. The van der Waals surface area contributed by atoms with Crippen molar-refractivity contribution in [1.82, 2.24) is 10.4 Å². The van der Waals surface area contributed by atoms with Crippen molar-refractivity contribution in [1.29, 1.82) is 0 Å². The molecule has 3 N–H and O–H groups in total. The second-order valence-corrected chi connectivity index (χ2v) is 11.6. The third-order valence-electron chi connectivity index (χ3n) is 7.60. The van der Waals surface area contributed by atoms with Crippen molar-refractivity contribution in [3.63, 3.8) is 0 Å². The van der Waals surface area contributed by atoms with Crippen LogP contribution in [0.1, 0.15) is 60.0 Å². The summed E-state index contributed by atoms with van der Waals surface area (Å²) in [5, 5.41) is 19.5. The Bertz CT molecular complexity index is 1470. The number of rotatable bonds is 12. The molecule has 1 saturated heterocycles. The van der Waals surface area contributed by atoms with Gasteiger partial charge in [-0.2, -0.15) is 0 Å². The number of nitrogens with one attached hydrogen (secondary N) is 1. The molecule has 8 heteroatoms. The number of thiophene rings is 1. The van der Waals surface area contributed by atoms with Crippen molar-refractivity contribution in [2.24, 2.45) is 0 Å². The van der Waals surface area contributed by atoms with E-state index >= 15 is 0 Å². The topological polar surface area (TPSA) is 99.1 Å². The van der Waals surface area contributed by atoms with Crippen LogP contribution in [-0.2, 0) is 11.2 Å². The molecule has 4 aromatic rings. The van der Waals surface area contributed by atoms with E-state index in [-0.39, 0.29) is 17.4 Å². The van der Waals surface area contributed by atoms with Crippen LogP contribution >= 0.6 is 11.3 Å². The van der Waals surface area contributed by atoms with Gasteiger partial charge in [0.25, 0.3) is 0 Å². The third kappa shape index (κ3) is 7.33. The van der Waals surface area contributed by atoms with E-state index in [0.717, 1.165) is 64.3 Å². The van der Waals surface area contributed by atoms with Crippen molar-refractivity contribution in [3.05, 3.63) is 83.4 Å².